The molecule has 27 heavy (non-hydrogen) atoms. The van der Waals surface area contributed by atoms with E-state index in [2.05, 4.69) is 12.1 Å². The molecule has 0 radical (unpaired) electrons. The summed E-state index contributed by atoms with van der Waals surface area (Å²) in [7, 11) is 0. The van der Waals surface area contributed by atoms with Crippen LogP contribution >= 0.6 is 0 Å². The van der Waals surface area contributed by atoms with E-state index in [1.54, 1.807) is 12.1 Å². The van der Waals surface area contributed by atoms with Crippen LogP contribution < -0.4 is 0 Å². The van der Waals surface area contributed by atoms with Crippen LogP contribution in [0, 0.1) is 6.92 Å². The van der Waals surface area contributed by atoms with Crippen molar-refractivity contribution in [3.63, 3.8) is 0 Å². The topological polar surface area (TPSA) is 37.4 Å². The molecule has 0 saturated heterocycles. The molecule has 0 spiro atoms. The van der Waals surface area contributed by atoms with Gasteiger partial charge in [0, 0.05) is 24.2 Å². The lowest BCUT2D eigenvalue weighted by molar-refractivity contribution is 0.0730. The van der Waals surface area contributed by atoms with Gasteiger partial charge in [-0.2, -0.15) is 0 Å². The largest absolute Gasteiger partial charge is 0.334 e. The van der Waals surface area contributed by atoms with Gasteiger partial charge >= 0.3 is 0 Å². The summed E-state index contributed by atoms with van der Waals surface area (Å²) in [4.78, 5) is 28.0. The number of carbonyl (C=O) groups is 2. The smallest absolute Gasteiger partial charge is 0.254 e. The second-order valence-corrected chi connectivity index (χ2v) is 6.99. The molecule has 3 heteroatoms. The van der Waals surface area contributed by atoms with Crippen molar-refractivity contribution in [1.82, 2.24) is 4.90 Å². The molecule has 1 aliphatic heterocycles. The highest BCUT2D eigenvalue weighted by atomic mass is 16.2. The van der Waals surface area contributed by atoms with Crippen LogP contribution in [0.4, 0.5) is 0 Å². The maximum atomic E-state index is 13.2. The van der Waals surface area contributed by atoms with E-state index in [4.69, 9.17) is 0 Å². The minimum Gasteiger partial charge on any atom is -0.334 e. The quantitative estimate of drug-likeness (QED) is 0.652. The van der Waals surface area contributed by atoms with Gasteiger partial charge in [-0.1, -0.05) is 72.3 Å². The lowest BCUT2D eigenvalue weighted by Crippen LogP contribution is -2.36. The molecule has 1 aliphatic rings. The molecule has 0 unspecified atom stereocenters. The summed E-state index contributed by atoms with van der Waals surface area (Å²) in [5.41, 5.74) is 5.12. The Hall–Kier alpha value is -3.20. The first kappa shape index (κ1) is 17.2. The minimum atomic E-state index is -0.114. The monoisotopic (exact) mass is 355 g/mol. The molecule has 4 rings (SSSR count). The molecule has 3 nitrogen and oxygen atoms in total. The van der Waals surface area contributed by atoms with Gasteiger partial charge in [0.25, 0.3) is 5.91 Å². The summed E-state index contributed by atoms with van der Waals surface area (Å²) < 4.78 is 0. The van der Waals surface area contributed by atoms with Crippen LogP contribution in [-0.4, -0.2) is 23.1 Å². The minimum absolute atomic E-state index is 0.0828. The normalized spacial score (nSPS) is 13.1. The maximum absolute atomic E-state index is 13.2. The Kier molecular flexibility index (Phi) is 4.59. The zero-order chi connectivity index (χ0) is 18.8. The van der Waals surface area contributed by atoms with Gasteiger partial charge in [-0.25, -0.2) is 0 Å². The zero-order valence-electron chi connectivity index (χ0n) is 15.3. The molecular weight excluding hydrogens is 334 g/mol. The number of benzene rings is 3. The maximum Gasteiger partial charge on any atom is 0.254 e. The molecule has 3 aromatic carbocycles. The number of rotatable bonds is 3. The Balaban J connectivity index is 1.64. The van der Waals surface area contributed by atoms with Crippen molar-refractivity contribution in [3.05, 3.63) is 106 Å². The molecule has 0 fully saturated rings. The van der Waals surface area contributed by atoms with Gasteiger partial charge in [0.05, 0.1) is 5.56 Å². The number of ketones is 1. The van der Waals surface area contributed by atoms with Gasteiger partial charge in [-0.05, 0) is 30.5 Å². The zero-order valence-corrected chi connectivity index (χ0v) is 15.3. The second kappa shape index (κ2) is 7.20. The average molecular weight is 355 g/mol. The molecule has 0 saturated carbocycles. The summed E-state index contributed by atoms with van der Waals surface area (Å²) in [5, 5.41) is 0. The van der Waals surface area contributed by atoms with Gasteiger partial charge in [-0.15, -0.1) is 0 Å². The summed E-state index contributed by atoms with van der Waals surface area (Å²) in [6.45, 7) is 3.24. The van der Waals surface area contributed by atoms with Crippen molar-refractivity contribution in [2.45, 2.75) is 19.9 Å². The Bertz CT molecular complexity index is 1000. The average Bonchev–Trinajstić information content (AvgIpc) is 2.73. The van der Waals surface area contributed by atoms with Crippen LogP contribution in [0.25, 0.3) is 0 Å². The number of amides is 1. The van der Waals surface area contributed by atoms with Crippen LogP contribution in [-0.2, 0) is 13.0 Å². The van der Waals surface area contributed by atoms with Crippen LogP contribution in [0.1, 0.15) is 43.0 Å². The number of aryl methyl sites for hydroxylation is 1. The summed E-state index contributed by atoms with van der Waals surface area (Å²) in [6, 6.07) is 22.8. The number of fused-ring (bicyclic) bond motifs is 1. The summed E-state index contributed by atoms with van der Waals surface area (Å²) in [6.07, 6.45) is 0.843. The molecule has 134 valence electrons. The Morgan fingerprint density at radius 3 is 2.15 bits per heavy atom. The first-order chi connectivity index (χ1) is 13.1. The fourth-order valence-corrected chi connectivity index (χ4v) is 3.57. The van der Waals surface area contributed by atoms with Crippen molar-refractivity contribution in [1.29, 1.82) is 0 Å². The molecule has 1 amide bonds. The Morgan fingerprint density at radius 2 is 1.41 bits per heavy atom. The van der Waals surface area contributed by atoms with E-state index >= 15 is 0 Å². The molecule has 0 aliphatic carbocycles. The highest BCUT2D eigenvalue weighted by Crippen LogP contribution is 2.23. The lowest BCUT2D eigenvalue weighted by Gasteiger charge is -2.29. The molecule has 3 aromatic rings. The first-order valence-corrected chi connectivity index (χ1v) is 9.20. The highest BCUT2D eigenvalue weighted by Gasteiger charge is 2.25. The molecule has 0 bridgehead atoms. The Morgan fingerprint density at radius 1 is 0.778 bits per heavy atom. The first-order valence-electron chi connectivity index (χ1n) is 9.20. The van der Waals surface area contributed by atoms with E-state index in [9.17, 15) is 9.59 Å². The third-order valence-corrected chi connectivity index (χ3v) is 5.13. The van der Waals surface area contributed by atoms with E-state index in [0.717, 1.165) is 12.0 Å². The van der Waals surface area contributed by atoms with Crippen LogP contribution in [0.15, 0.2) is 72.8 Å². The third-order valence-electron chi connectivity index (χ3n) is 5.13. The molecule has 0 N–H and O–H groups in total. The van der Waals surface area contributed by atoms with Crippen LogP contribution in [0.2, 0.25) is 0 Å². The Labute approximate surface area is 159 Å². The van der Waals surface area contributed by atoms with E-state index in [1.807, 2.05) is 60.4 Å². The van der Waals surface area contributed by atoms with Crippen molar-refractivity contribution < 1.29 is 9.59 Å². The van der Waals surface area contributed by atoms with Gasteiger partial charge in [-0.3, -0.25) is 9.59 Å². The van der Waals surface area contributed by atoms with Gasteiger partial charge in [0.1, 0.15) is 0 Å². The van der Waals surface area contributed by atoms with Crippen molar-refractivity contribution >= 4 is 11.7 Å². The van der Waals surface area contributed by atoms with Gasteiger partial charge < -0.3 is 4.90 Å². The SMILES string of the molecule is Cc1ccc(C(=O)c2ccccc2C(=O)N2CCc3ccccc3C2)cc1. The summed E-state index contributed by atoms with van der Waals surface area (Å²) >= 11 is 0. The van der Waals surface area contributed by atoms with E-state index in [1.165, 1.54) is 11.1 Å². The van der Waals surface area contributed by atoms with Crippen molar-refractivity contribution in [2.24, 2.45) is 0 Å². The van der Waals surface area contributed by atoms with Crippen LogP contribution in [0.3, 0.4) is 0 Å². The molecular formula is C24H21NO2. The van der Waals surface area contributed by atoms with E-state index < -0.39 is 0 Å². The molecule has 1 heterocycles. The summed E-state index contributed by atoms with van der Waals surface area (Å²) in [5.74, 6) is -0.197. The van der Waals surface area contributed by atoms with Crippen molar-refractivity contribution in [2.75, 3.05) is 6.54 Å². The third kappa shape index (κ3) is 3.41. The number of nitrogens with zero attached hydrogens (tertiary/aromatic N) is 1. The fourth-order valence-electron chi connectivity index (χ4n) is 3.57. The van der Waals surface area contributed by atoms with Crippen LogP contribution in [0.5, 0.6) is 0 Å². The second-order valence-electron chi connectivity index (χ2n) is 6.99. The highest BCUT2D eigenvalue weighted by molar-refractivity contribution is 6.15. The molecule has 0 aromatic heterocycles. The van der Waals surface area contributed by atoms with Gasteiger partial charge in [0.2, 0.25) is 0 Å². The number of carbonyl (C=O) groups excluding carboxylic acids is 2. The fraction of sp³-hybridized carbons (Fsp3) is 0.167. The number of hydrogen-bond acceptors (Lipinski definition) is 2. The standard InChI is InChI=1S/C24H21NO2/c1-17-10-12-19(13-11-17)23(26)21-8-4-5-9-22(21)24(27)25-15-14-18-6-2-3-7-20(18)16-25/h2-13H,14-16H2,1H3. The lowest BCUT2D eigenvalue weighted by atomic mass is 9.95. The van der Waals surface area contributed by atoms with E-state index in [0.29, 0.717) is 29.8 Å². The predicted molar refractivity (Wildman–Crippen MR) is 106 cm³/mol. The number of hydrogen-bond donors (Lipinski definition) is 0. The predicted octanol–water partition coefficient (Wildman–Crippen LogP) is 4.42. The van der Waals surface area contributed by atoms with Crippen molar-refractivity contribution in [3.8, 4) is 0 Å². The van der Waals surface area contributed by atoms with E-state index in [-0.39, 0.29) is 11.7 Å². The van der Waals surface area contributed by atoms with Gasteiger partial charge in [0.15, 0.2) is 5.78 Å². The molecule has 0 atom stereocenters.